The molecule has 2 aromatic carbocycles. The molecule has 31 heavy (non-hydrogen) atoms. The van der Waals surface area contributed by atoms with Crippen LogP contribution in [0.2, 0.25) is 0 Å². The number of fused-ring (bicyclic) bond motifs is 1. The van der Waals surface area contributed by atoms with Crippen molar-refractivity contribution in [2.24, 2.45) is 0 Å². The Morgan fingerprint density at radius 1 is 0.968 bits per heavy atom. The first-order valence-electron chi connectivity index (χ1n) is 9.97. The first-order valence-corrected chi connectivity index (χ1v) is 10.8. The second-order valence-electron chi connectivity index (χ2n) is 7.73. The topological polar surface area (TPSA) is 73.1 Å². The molecule has 1 amide bonds. The number of aryl methyl sites for hydroxylation is 3. The molecule has 2 heterocycles. The van der Waals surface area contributed by atoms with Gasteiger partial charge in [-0.15, -0.1) is 11.3 Å². The Labute approximate surface area is 183 Å². The van der Waals surface area contributed by atoms with Crippen LogP contribution in [0.3, 0.4) is 0 Å². The normalized spacial score (nSPS) is 11.1. The fraction of sp³-hybridized carbons (Fsp3) is 0.208. The minimum atomic E-state index is -0.492. The van der Waals surface area contributed by atoms with Crippen molar-refractivity contribution in [3.63, 3.8) is 0 Å². The zero-order chi connectivity index (χ0) is 22.1. The number of hydrogen-bond acceptors (Lipinski definition) is 4. The van der Waals surface area contributed by atoms with Crippen LogP contribution < -0.4 is 16.6 Å². The van der Waals surface area contributed by atoms with E-state index in [1.54, 1.807) is 17.5 Å². The summed E-state index contributed by atoms with van der Waals surface area (Å²) >= 11 is 1.28. The monoisotopic (exact) mass is 433 g/mol. The fourth-order valence-electron chi connectivity index (χ4n) is 3.58. The summed E-state index contributed by atoms with van der Waals surface area (Å²) in [6, 6.07) is 15.1. The number of carbonyl (C=O) groups excluding carboxylic acids is 1. The first-order chi connectivity index (χ1) is 14.8. The molecule has 6 nitrogen and oxygen atoms in total. The summed E-state index contributed by atoms with van der Waals surface area (Å²) in [6.07, 6.45) is 0. The van der Waals surface area contributed by atoms with Gasteiger partial charge in [0.05, 0.1) is 12.1 Å². The second-order valence-corrected chi connectivity index (χ2v) is 8.65. The first kappa shape index (κ1) is 20.8. The number of benzene rings is 2. The van der Waals surface area contributed by atoms with Crippen LogP contribution in [0.4, 0.5) is 5.69 Å². The number of nitrogens with one attached hydrogen (secondary N) is 1. The van der Waals surface area contributed by atoms with Gasteiger partial charge >= 0.3 is 5.69 Å². The summed E-state index contributed by atoms with van der Waals surface area (Å²) in [5.41, 5.74) is 4.47. The molecule has 1 N–H and O–H groups in total. The molecule has 4 aromatic rings. The highest BCUT2D eigenvalue weighted by atomic mass is 32.1. The van der Waals surface area contributed by atoms with Crippen molar-refractivity contribution in [3.8, 4) is 0 Å². The molecule has 0 aliphatic carbocycles. The predicted octanol–water partition coefficient (Wildman–Crippen LogP) is 3.84. The summed E-state index contributed by atoms with van der Waals surface area (Å²) in [5.74, 6) is -0.323. The van der Waals surface area contributed by atoms with E-state index in [-0.39, 0.29) is 24.6 Å². The number of aromatic nitrogens is 2. The van der Waals surface area contributed by atoms with E-state index in [4.69, 9.17) is 0 Å². The van der Waals surface area contributed by atoms with Crippen molar-refractivity contribution >= 4 is 33.1 Å². The zero-order valence-electron chi connectivity index (χ0n) is 17.6. The number of carbonyl (C=O) groups is 1. The lowest BCUT2D eigenvalue weighted by Crippen LogP contribution is -2.41. The number of anilines is 1. The largest absolute Gasteiger partial charge is 0.332 e. The average molecular weight is 434 g/mol. The highest BCUT2D eigenvalue weighted by Crippen LogP contribution is 2.17. The van der Waals surface area contributed by atoms with Gasteiger partial charge in [0.1, 0.15) is 11.2 Å². The van der Waals surface area contributed by atoms with Gasteiger partial charge in [-0.2, -0.15) is 0 Å². The van der Waals surface area contributed by atoms with E-state index in [0.717, 1.165) is 22.3 Å². The van der Waals surface area contributed by atoms with Gasteiger partial charge in [0.25, 0.3) is 5.56 Å². The third-order valence-electron chi connectivity index (χ3n) is 5.35. The predicted molar refractivity (Wildman–Crippen MR) is 125 cm³/mol. The van der Waals surface area contributed by atoms with Crippen molar-refractivity contribution in [1.29, 1.82) is 0 Å². The molecule has 0 aliphatic rings. The molecule has 0 radical (unpaired) electrons. The number of nitrogens with zero attached hydrogens (tertiary/aromatic N) is 2. The molecule has 0 unspecified atom stereocenters. The van der Waals surface area contributed by atoms with Crippen molar-refractivity contribution in [3.05, 3.63) is 97.0 Å². The molecule has 0 saturated heterocycles. The van der Waals surface area contributed by atoms with Gasteiger partial charge in [-0.25, -0.2) is 4.79 Å². The van der Waals surface area contributed by atoms with E-state index < -0.39 is 5.69 Å². The number of hydrogen-bond donors (Lipinski definition) is 1. The average Bonchev–Trinajstić information content (AvgIpc) is 3.21. The van der Waals surface area contributed by atoms with Gasteiger partial charge in [-0.05, 0) is 66.6 Å². The third-order valence-corrected chi connectivity index (χ3v) is 6.24. The fourth-order valence-corrected chi connectivity index (χ4v) is 4.42. The molecule has 4 rings (SSSR count). The maximum atomic E-state index is 13.3. The maximum Gasteiger partial charge on any atom is 0.332 e. The zero-order valence-corrected chi connectivity index (χ0v) is 18.5. The van der Waals surface area contributed by atoms with E-state index in [0.29, 0.717) is 15.9 Å². The van der Waals surface area contributed by atoms with Crippen molar-refractivity contribution < 1.29 is 4.79 Å². The molecule has 0 bridgehead atoms. The van der Waals surface area contributed by atoms with Crippen LogP contribution in [0.1, 0.15) is 22.3 Å². The SMILES string of the molecule is Cc1cccc(NC(=O)Cn2c(=O)n(Cc3ccc(C)c(C)c3)c(=O)c3sccc32)c1. The second kappa shape index (κ2) is 8.35. The van der Waals surface area contributed by atoms with Gasteiger partial charge in [0, 0.05) is 5.69 Å². The van der Waals surface area contributed by atoms with E-state index in [1.807, 2.05) is 57.2 Å². The molecule has 7 heteroatoms. The molecule has 0 fully saturated rings. The maximum absolute atomic E-state index is 13.3. The minimum Gasteiger partial charge on any atom is -0.325 e. The van der Waals surface area contributed by atoms with Gasteiger partial charge in [0.2, 0.25) is 5.91 Å². The number of thiophene rings is 1. The number of amides is 1. The van der Waals surface area contributed by atoms with Crippen molar-refractivity contribution in [1.82, 2.24) is 9.13 Å². The lowest BCUT2D eigenvalue weighted by atomic mass is 10.1. The highest BCUT2D eigenvalue weighted by Gasteiger charge is 2.17. The molecule has 2 aromatic heterocycles. The van der Waals surface area contributed by atoms with Crippen molar-refractivity contribution in [2.75, 3.05) is 5.32 Å². The summed E-state index contributed by atoms with van der Waals surface area (Å²) in [7, 11) is 0. The summed E-state index contributed by atoms with van der Waals surface area (Å²) < 4.78 is 3.05. The Bertz CT molecular complexity index is 1410. The van der Waals surface area contributed by atoms with E-state index in [2.05, 4.69) is 5.32 Å². The van der Waals surface area contributed by atoms with E-state index >= 15 is 0 Å². The minimum absolute atomic E-state index is 0.159. The molecular formula is C24H23N3O3S. The van der Waals surface area contributed by atoms with Crippen LogP contribution in [-0.4, -0.2) is 15.0 Å². The van der Waals surface area contributed by atoms with Crippen LogP contribution >= 0.6 is 11.3 Å². The quantitative estimate of drug-likeness (QED) is 0.520. The highest BCUT2D eigenvalue weighted by molar-refractivity contribution is 7.17. The Morgan fingerprint density at radius 3 is 2.52 bits per heavy atom. The molecule has 0 saturated carbocycles. The van der Waals surface area contributed by atoms with Crippen LogP contribution in [0.25, 0.3) is 10.2 Å². The summed E-state index contributed by atoms with van der Waals surface area (Å²) in [4.78, 5) is 38.9. The summed E-state index contributed by atoms with van der Waals surface area (Å²) in [6.45, 7) is 5.94. The van der Waals surface area contributed by atoms with Crippen LogP contribution in [0, 0.1) is 20.8 Å². The van der Waals surface area contributed by atoms with Crippen LogP contribution in [0.5, 0.6) is 0 Å². The number of rotatable bonds is 5. The Hall–Kier alpha value is -3.45. The van der Waals surface area contributed by atoms with Gasteiger partial charge in [-0.1, -0.05) is 30.3 Å². The molecule has 158 valence electrons. The van der Waals surface area contributed by atoms with E-state index in [1.165, 1.54) is 20.5 Å². The van der Waals surface area contributed by atoms with Crippen LogP contribution in [-0.2, 0) is 17.9 Å². The smallest absolute Gasteiger partial charge is 0.325 e. The molecule has 0 aliphatic heterocycles. The Morgan fingerprint density at radius 2 is 1.77 bits per heavy atom. The Kier molecular flexibility index (Phi) is 5.61. The lowest BCUT2D eigenvalue weighted by Gasteiger charge is -2.13. The molecular weight excluding hydrogens is 410 g/mol. The lowest BCUT2D eigenvalue weighted by molar-refractivity contribution is -0.116. The standard InChI is InChI=1S/C24H23N3O3S/c1-15-5-4-6-19(11-15)25-21(28)14-26-20-9-10-31-22(20)23(29)27(24(26)30)13-18-8-7-16(2)17(3)12-18/h4-12H,13-14H2,1-3H3,(H,25,28). The van der Waals surface area contributed by atoms with Gasteiger partial charge in [-0.3, -0.25) is 18.7 Å². The van der Waals surface area contributed by atoms with Gasteiger partial charge < -0.3 is 5.32 Å². The summed E-state index contributed by atoms with van der Waals surface area (Å²) in [5, 5.41) is 4.59. The van der Waals surface area contributed by atoms with E-state index in [9.17, 15) is 14.4 Å². The van der Waals surface area contributed by atoms with Crippen LogP contribution in [0.15, 0.2) is 63.5 Å². The molecule has 0 spiro atoms. The van der Waals surface area contributed by atoms with Gasteiger partial charge in [0.15, 0.2) is 0 Å². The third kappa shape index (κ3) is 4.22. The van der Waals surface area contributed by atoms with Crippen molar-refractivity contribution in [2.45, 2.75) is 33.9 Å². The molecule has 0 atom stereocenters. The Balaban J connectivity index is 1.72.